The highest BCUT2D eigenvalue weighted by atomic mass is 35.5. The molecule has 19 heavy (non-hydrogen) atoms. The van der Waals surface area contributed by atoms with Gasteiger partial charge in [0, 0.05) is 19.4 Å². The molecule has 1 N–H and O–H groups in total. The van der Waals surface area contributed by atoms with Gasteiger partial charge in [-0.25, -0.2) is 4.39 Å². The third-order valence-electron chi connectivity index (χ3n) is 3.66. The smallest absolute Gasteiger partial charge is 0.141 e. The Bertz CT molecular complexity index is 436. The van der Waals surface area contributed by atoms with Crippen molar-refractivity contribution in [2.75, 3.05) is 6.61 Å². The molecule has 1 heterocycles. The van der Waals surface area contributed by atoms with Crippen LogP contribution < -0.4 is 0 Å². The van der Waals surface area contributed by atoms with E-state index in [1.807, 2.05) is 0 Å². The van der Waals surface area contributed by atoms with Crippen molar-refractivity contribution in [3.63, 3.8) is 0 Å². The number of halogens is 2. The van der Waals surface area contributed by atoms with Crippen molar-refractivity contribution >= 4 is 11.6 Å². The van der Waals surface area contributed by atoms with Gasteiger partial charge in [0.15, 0.2) is 0 Å². The summed E-state index contributed by atoms with van der Waals surface area (Å²) in [4.78, 5) is 0. The number of hydrogen-bond donors (Lipinski definition) is 1. The van der Waals surface area contributed by atoms with E-state index in [1.54, 1.807) is 12.1 Å². The van der Waals surface area contributed by atoms with Gasteiger partial charge < -0.3 is 9.84 Å². The summed E-state index contributed by atoms with van der Waals surface area (Å²) in [7, 11) is 0. The van der Waals surface area contributed by atoms with Crippen LogP contribution in [0.15, 0.2) is 18.2 Å². The second kappa shape index (κ2) is 6.21. The van der Waals surface area contributed by atoms with Crippen molar-refractivity contribution in [1.29, 1.82) is 0 Å². The van der Waals surface area contributed by atoms with Crippen LogP contribution in [0.3, 0.4) is 0 Å². The molecule has 1 aliphatic heterocycles. The zero-order chi connectivity index (χ0) is 13.9. The third-order valence-corrected chi connectivity index (χ3v) is 3.95. The fraction of sp³-hybridized carbons (Fsp3) is 0.600. The number of hydrogen-bond acceptors (Lipinski definition) is 2. The normalized spacial score (nSPS) is 27.5. The van der Waals surface area contributed by atoms with Gasteiger partial charge in [0.05, 0.1) is 16.7 Å². The van der Waals surface area contributed by atoms with E-state index in [2.05, 4.69) is 6.92 Å². The number of rotatable bonds is 4. The molecular weight excluding hydrogens is 267 g/mol. The van der Waals surface area contributed by atoms with Gasteiger partial charge in [0.25, 0.3) is 0 Å². The molecule has 0 aliphatic carbocycles. The van der Waals surface area contributed by atoms with E-state index in [-0.39, 0.29) is 11.1 Å². The Morgan fingerprint density at radius 3 is 3.00 bits per heavy atom. The predicted octanol–water partition coefficient (Wildman–Crippen LogP) is 3.73. The minimum atomic E-state index is -0.765. The molecule has 1 saturated heterocycles. The SMILES string of the molecule is CCCC1CC(O)(Cc2ccc(F)c(Cl)c2)CCO1. The maximum absolute atomic E-state index is 13.1. The zero-order valence-corrected chi connectivity index (χ0v) is 11.9. The Balaban J connectivity index is 2.05. The van der Waals surface area contributed by atoms with Crippen molar-refractivity contribution in [3.8, 4) is 0 Å². The Hall–Kier alpha value is -0.640. The molecule has 2 atom stereocenters. The molecule has 1 aliphatic rings. The molecule has 0 saturated carbocycles. The summed E-state index contributed by atoms with van der Waals surface area (Å²) in [6.45, 7) is 2.69. The second-order valence-electron chi connectivity index (χ2n) is 5.39. The highest BCUT2D eigenvalue weighted by molar-refractivity contribution is 6.30. The largest absolute Gasteiger partial charge is 0.389 e. The highest BCUT2D eigenvalue weighted by Gasteiger charge is 2.34. The van der Waals surface area contributed by atoms with E-state index in [1.165, 1.54) is 6.07 Å². The molecule has 2 rings (SSSR count). The van der Waals surface area contributed by atoms with E-state index >= 15 is 0 Å². The van der Waals surface area contributed by atoms with Gasteiger partial charge in [-0.2, -0.15) is 0 Å². The van der Waals surface area contributed by atoms with Crippen LogP contribution in [-0.2, 0) is 11.2 Å². The molecular formula is C15H20ClFO2. The lowest BCUT2D eigenvalue weighted by molar-refractivity contribution is -0.104. The van der Waals surface area contributed by atoms with Crippen LogP contribution in [0.25, 0.3) is 0 Å². The standard InChI is InChI=1S/C15H20ClFO2/c1-2-3-12-10-15(18,6-7-19-12)9-11-4-5-14(17)13(16)8-11/h4-5,8,12,18H,2-3,6-7,9-10H2,1H3. The van der Waals surface area contributed by atoms with Crippen LogP contribution in [0.1, 0.15) is 38.2 Å². The van der Waals surface area contributed by atoms with Gasteiger partial charge in [-0.3, -0.25) is 0 Å². The first kappa shape index (κ1) is 14.8. The summed E-state index contributed by atoms with van der Waals surface area (Å²) in [6.07, 6.45) is 3.88. The van der Waals surface area contributed by atoms with Crippen LogP contribution >= 0.6 is 11.6 Å². The Morgan fingerprint density at radius 2 is 2.32 bits per heavy atom. The molecule has 0 aromatic heterocycles. The minimum Gasteiger partial charge on any atom is -0.389 e. The van der Waals surface area contributed by atoms with Gasteiger partial charge in [-0.15, -0.1) is 0 Å². The van der Waals surface area contributed by atoms with Crippen LogP contribution in [-0.4, -0.2) is 23.4 Å². The summed E-state index contributed by atoms with van der Waals surface area (Å²) in [5, 5.41) is 10.8. The van der Waals surface area contributed by atoms with Gasteiger partial charge >= 0.3 is 0 Å². The van der Waals surface area contributed by atoms with Crippen LogP contribution in [0.4, 0.5) is 4.39 Å². The van der Waals surface area contributed by atoms with Crippen LogP contribution in [0.2, 0.25) is 5.02 Å². The summed E-state index contributed by atoms with van der Waals surface area (Å²) >= 11 is 5.77. The van der Waals surface area contributed by atoms with Crippen molar-refractivity contribution in [2.24, 2.45) is 0 Å². The maximum Gasteiger partial charge on any atom is 0.141 e. The van der Waals surface area contributed by atoms with Crippen molar-refractivity contribution in [1.82, 2.24) is 0 Å². The number of aliphatic hydroxyl groups is 1. The summed E-state index contributed by atoms with van der Waals surface area (Å²) in [6, 6.07) is 4.63. The van der Waals surface area contributed by atoms with E-state index in [9.17, 15) is 9.50 Å². The molecule has 2 nitrogen and oxygen atoms in total. The quantitative estimate of drug-likeness (QED) is 0.914. The van der Waals surface area contributed by atoms with Crippen molar-refractivity contribution in [2.45, 2.75) is 50.7 Å². The molecule has 1 fully saturated rings. The zero-order valence-electron chi connectivity index (χ0n) is 11.2. The van der Waals surface area contributed by atoms with Gasteiger partial charge in [0.1, 0.15) is 5.82 Å². The molecule has 0 spiro atoms. The first-order valence-electron chi connectivity index (χ1n) is 6.80. The minimum absolute atomic E-state index is 0.110. The lowest BCUT2D eigenvalue weighted by Crippen LogP contribution is -2.42. The molecule has 2 unspecified atom stereocenters. The van der Waals surface area contributed by atoms with Gasteiger partial charge in [-0.1, -0.05) is 31.0 Å². The van der Waals surface area contributed by atoms with Gasteiger partial charge in [0.2, 0.25) is 0 Å². The fourth-order valence-corrected chi connectivity index (χ4v) is 2.90. The number of ether oxygens (including phenoxy) is 1. The lowest BCUT2D eigenvalue weighted by atomic mass is 9.83. The summed E-state index contributed by atoms with van der Waals surface area (Å²) in [5.41, 5.74) is 0.102. The molecule has 0 radical (unpaired) electrons. The van der Waals surface area contributed by atoms with Crippen molar-refractivity contribution in [3.05, 3.63) is 34.6 Å². The molecule has 106 valence electrons. The molecule has 0 bridgehead atoms. The molecule has 4 heteroatoms. The summed E-state index contributed by atoms with van der Waals surface area (Å²) in [5.74, 6) is -0.423. The van der Waals surface area contributed by atoms with Crippen LogP contribution in [0, 0.1) is 5.82 Å². The second-order valence-corrected chi connectivity index (χ2v) is 5.79. The predicted molar refractivity (Wildman–Crippen MR) is 73.9 cm³/mol. The maximum atomic E-state index is 13.1. The van der Waals surface area contributed by atoms with Gasteiger partial charge in [-0.05, 0) is 30.5 Å². The third kappa shape index (κ3) is 3.91. The Labute approximate surface area is 118 Å². The Kier molecular flexibility index (Phi) is 4.82. The van der Waals surface area contributed by atoms with Crippen LogP contribution in [0.5, 0.6) is 0 Å². The molecule has 1 aromatic carbocycles. The monoisotopic (exact) mass is 286 g/mol. The van der Waals surface area contributed by atoms with Crippen molar-refractivity contribution < 1.29 is 14.2 Å². The van der Waals surface area contributed by atoms with E-state index in [0.29, 0.717) is 25.9 Å². The fourth-order valence-electron chi connectivity index (χ4n) is 2.70. The molecule has 0 amide bonds. The van der Waals surface area contributed by atoms with E-state index < -0.39 is 11.4 Å². The van der Waals surface area contributed by atoms with E-state index in [0.717, 1.165) is 18.4 Å². The average molecular weight is 287 g/mol. The Morgan fingerprint density at radius 1 is 1.53 bits per heavy atom. The lowest BCUT2D eigenvalue weighted by Gasteiger charge is -2.37. The highest BCUT2D eigenvalue weighted by Crippen LogP contribution is 2.31. The number of benzene rings is 1. The topological polar surface area (TPSA) is 29.5 Å². The van der Waals surface area contributed by atoms with E-state index in [4.69, 9.17) is 16.3 Å². The summed E-state index contributed by atoms with van der Waals surface area (Å²) < 4.78 is 18.8. The first-order valence-corrected chi connectivity index (χ1v) is 7.18. The molecule has 1 aromatic rings. The average Bonchev–Trinajstić information content (AvgIpc) is 2.34. The first-order chi connectivity index (χ1) is 9.02.